The van der Waals surface area contributed by atoms with Crippen LogP contribution in [0, 0.1) is 20.8 Å². The van der Waals surface area contributed by atoms with Gasteiger partial charge < -0.3 is 0 Å². The van der Waals surface area contributed by atoms with Crippen LogP contribution in [0.1, 0.15) is 16.7 Å². The van der Waals surface area contributed by atoms with Crippen LogP contribution in [0.4, 0.5) is 0 Å². The minimum absolute atomic E-state index is 1.28. The van der Waals surface area contributed by atoms with Crippen LogP contribution in [0.2, 0.25) is 0 Å². The summed E-state index contributed by atoms with van der Waals surface area (Å²) in [6, 6.07) is 29.1. The van der Waals surface area contributed by atoms with Crippen molar-refractivity contribution in [3.63, 3.8) is 0 Å². The predicted molar refractivity (Wildman–Crippen MR) is 124 cm³/mol. The van der Waals surface area contributed by atoms with Gasteiger partial charge in [0.1, 0.15) is 0 Å². The van der Waals surface area contributed by atoms with Crippen molar-refractivity contribution in [3.05, 3.63) is 95.6 Å². The van der Waals surface area contributed by atoms with E-state index in [1.165, 1.54) is 59.1 Å². The van der Waals surface area contributed by atoms with Gasteiger partial charge in [0.15, 0.2) is 0 Å². The van der Waals surface area contributed by atoms with Crippen LogP contribution in [-0.2, 0) is 0 Å². The quantitative estimate of drug-likeness (QED) is 0.290. The second-order valence-electron chi connectivity index (χ2n) is 7.66. The number of benzene rings is 4. The lowest BCUT2D eigenvalue weighted by atomic mass is 9.93. The van der Waals surface area contributed by atoms with Crippen molar-refractivity contribution in [2.75, 3.05) is 0 Å². The van der Waals surface area contributed by atoms with Gasteiger partial charge >= 0.3 is 0 Å². The van der Waals surface area contributed by atoms with E-state index in [0.29, 0.717) is 0 Å². The Morgan fingerprint density at radius 2 is 1.18 bits per heavy atom. The van der Waals surface area contributed by atoms with Gasteiger partial charge in [-0.2, -0.15) is 0 Å². The van der Waals surface area contributed by atoms with Crippen molar-refractivity contribution < 1.29 is 0 Å². The molecule has 1 heterocycles. The van der Waals surface area contributed by atoms with Crippen molar-refractivity contribution in [1.82, 2.24) is 0 Å². The maximum absolute atomic E-state index is 2.35. The van der Waals surface area contributed by atoms with Gasteiger partial charge in [0, 0.05) is 20.2 Å². The summed E-state index contributed by atoms with van der Waals surface area (Å²) in [5, 5.41) is 2.72. The van der Waals surface area contributed by atoms with Crippen LogP contribution < -0.4 is 0 Å². The summed E-state index contributed by atoms with van der Waals surface area (Å²) in [6.07, 6.45) is 0. The number of aryl methyl sites for hydroxylation is 3. The molecule has 0 saturated carbocycles. The Kier molecular flexibility index (Phi) is 4.07. The second-order valence-corrected chi connectivity index (χ2v) is 8.74. The molecule has 0 aliphatic rings. The SMILES string of the molecule is Cc1ccc2c(c1)sc1cc(-c3ccc(C)c(-c4ccccc4C)c3)ccc12. The highest BCUT2D eigenvalue weighted by atomic mass is 32.1. The fraction of sp³-hybridized carbons (Fsp3) is 0.111. The van der Waals surface area contributed by atoms with Crippen molar-refractivity contribution in [3.8, 4) is 22.3 Å². The average Bonchev–Trinajstić information content (AvgIpc) is 3.05. The first-order valence-electron chi connectivity index (χ1n) is 9.70. The summed E-state index contributed by atoms with van der Waals surface area (Å²) in [7, 11) is 0. The van der Waals surface area contributed by atoms with E-state index in [1.807, 2.05) is 11.3 Å². The van der Waals surface area contributed by atoms with E-state index >= 15 is 0 Å². The molecular weight excluding hydrogens is 356 g/mol. The van der Waals surface area contributed by atoms with Crippen LogP contribution in [0.15, 0.2) is 78.9 Å². The minimum atomic E-state index is 1.28. The fourth-order valence-electron chi connectivity index (χ4n) is 4.03. The average molecular weight is 379 g/mol. The topological polar surface area (TPSA) is 0 Å². The van der Waals surface area contributed by atoms with Gasteiger partial charge in [-0.05, 0) is 77.9 Å². The first-order valence-corrected chi connectivity index (χ1v) is 10.5. The standard InChI is InChI=1S/C27H22S/c1-17-8-12-23-24-13-11-21(16-27(24)28-26(23)14-17)20-10-9-19(3)25(15-20)22-7-5-4-6-18(22)2/h4-16H,1-3H3. The summed E-state index contributed by atoms with van der Waals surface area (Å²) in [6.45, 7) is 6.55. The molecular formula is C27H22S. The molecule has 0 radical (unpaired) electrons. The number of hydrogen-bond acceptors (Lipinski definition) is 1. The lowest BCUT2D eigenvalue weighted by Crippen LogP contribution is -1.88. The second kappa shape index (κ2) is 6.61. The Morgan fingerprint density at radius 3 is 2.00 bits per heavy atom. The highest BCUT2D eigenvalue weighted by Gasteiger charge is 2.10. The van der Waals surface area contributed by atoms with Gasteiger partial charge in [0.25, 0.3) is 0 Å². The molecule has 1 heteroatoms. The largest absolute Gasteiger partial charge is 0.135 e. The van der Waals surface area contributed by atoms with Gasteiger partial charge in [-0.25, -0.2) is 0 Å². The molecule has 0 N–H and O–H groups in total. The fourth-order valence-corrected chi connectivity index (χ4v) is 5.27. The molecule has 5 rings (SSSR count). The van der Waals surface area contributed by atoms with Crippen LogP contribution in [0.3, 0.4) is 0 Å². The summed E-state index contributed by atoms with van der Waals surface area (Å²) >= 11 is 1.89. The van der Waals surface area contributed by atoms with Gasteiger partial charge in [0.2, 0.25) is 0 Å². The maximum atomic E-state index is 2.35. The van der Waals surface area contributed by atoms with Crippen molar-refractivity contribution >= 4 is 31.5 Å². The molecule has 0 fully saturated rings. The molecule has 4 aromatic carbocycles. The van der Waals surface area contributed by atoms with Crippen molar-refractivity contribution in [2.45, 2.75) is 20.8 Å². The zero-order valence-corrected chi connectivity index (χ0v) is 17.2. The van der Waals surface area contributed by atoms with E-state index in [-0.39, 0.29) is 0 Å². The molecule has 0 nitrogen and oxygen atoms in total. The summed E-state index contributed by atoms with van der Waals surface area (Å²) in [5.74, 6) is 0. The molecule has 5 aromatic rings. The first kappa shape index (κ1) is 17.2. The van der Waals surface area contributed by atoms with Gasteiger partial charge in [0.05, 0.1) is 0 Å². The summed E-state index contributed by atoms with van der Waals surface area (Å²) in [5.41, 5.74) is 9.16. The number of rotatable bonds is 2. The third-order valence-electron chi connectivity index (χ3n) is 5.63. The molecule has 0 unspecified atom stereocenters. The monoisotopic (exact) mass is 378 g/mol. The minimum Gasteiger partial charge on any atom is -0.135 e. The third-order valence-corrected chi connectivity index (χ3v) is 6.75. The molecule has 136 valence electrons. The first-order chi connectivity index (χ1) is 13.6. The highest BCUT2D eigenvalue weighted by Crippen LogP contribution is 2.38. The Balaban J connectivity index is 1.67. The van der Waals surface area contributed by atoms with E-state index < -0.39 is 0 Å². The Morgan fingerprint density at radius 1 is 0.536 bits per heavy atom. The summed E-state index contributed by atoms with van der Waals surface area (Å²) < 4.78 is 2.73. The maximum Gasteiger partial charge on any atom is 0.0361 e. The van der Waals surface area contributed by atoms with Crippen LogP contribution >= 0.6 is 11.3 Å². The smallest absolute Gasteiger partial charge is 0.0361 e. The Hall–Kier alpha value is -2.90. The highest BCUT2D eigenvalue weighted by molar-refractivity contribution is 7.25. The van der Waals surface area contributed by atoms with Crippen molar-refractivity contribution in [2.24, 2.45) is 0 Å². The number of hydrogen-bond donors (Lipinski definition) is 0. The summed E-state index contributed by atoms with van der Waals surface area (Å²) in [4.78, 5) is 0. The molecule has 28 heavy (non-hydrogen) atoms. The molecule has 0 saturated heterocycles. The van der Waals surface area contributed by atoms with E-state index in [9.17, 15) is 0 Å². The zero-order chi connectivity index (χ0) is 19.3. The van der Waals surface area contributed by atoms with E-state index in [1.54, 1.807) is 0 Å². The molecule has 0 aliphatic carbocycles. The zero-order valence-electron chi connectivity index (χ0n) is 16.4. The molecule has 0 bridgehead atoms. The molecule has 0 aliphatic heterocycles. The number of thiophene rings is 1. The van der Waals surface area contributed by atoms with Crippen molar-refractivity contribution in [1.29, 1.82) is 0 Å². The van der Waals surface area contributed by atoms with Crippen LogP contribution in [0.5, 0.6) is 0 Å². The van der Waals surface area contributed by atoms with E-state index in [4.69, 9.17) is 0 Å². The van der Waals surface area contributed by atoms with Gasteiger partial charge in [-0.3, -0.25) is 0 Å². The normalized spacial score (nSPS) is 11.4. The number of fused-ring (bicyclic) bond motifs is 3. The predicted octanol–water partition coefficient (Wildman–Crippen LogP) is 8.31. The third kappa shape index (κ3) is 2.83. The van der Waals surface area contributed by atoms with Gasteiger partial charge in [-0.15, -0.1) is 11.3 Å². The Bertz CT molecular complexity index is 1340. The lowest BCUT2D eigenvalue weighted by Gasteiger charge is -2.12. The lowest BCUT2D eigenvalue weighted by molar-refractivity contribution is 1.41. The molecule has 0 amide bonds. The van der Waals surface area contributed by atoms with Crippen LogP contribution in [-0.4, -0.2) is 0 Å². The molecule has 0 spiro atoms. The molecule has 1 aromatic heterocycles. The van der Waals surface area contributed by atoms with Crippen LogP contribution in [0.25, 0.3) is 42.4 Å². The van der Waals surface area contributed by atoms with Gasteiger partial charge in [-0.1, -0.05) is 60.7 Å². The van der Waals surface area contributed by atoms with E-state index in [2.05, 4.69) is 99.6 Å². The molecule has 0 atom stereocenters. The Labute approximate surface area is 170 Å². The van der Waals surface area contributed by atoms with E-state index in [0.717, 1.165) is 0 Å².